The lowest BCUT2D eigenvalue weighted by molar-refractivity contribution is -0.0888. The molecule has 0 aromatic heterocycles. The van der Waals surface area contributed by atoms with Crippen LogP contribution in [0, 0.1) is 0 Å². The normalized spacial score (nSPS) is 35.2. The van der Waals surface area contributed by atoms with E-state index < -0.39 is 0 Å². The van der Waals surface area contributed by atoms with E-state index in [0.29, 0.717) is 6.04 Å². The first-order chi connectivity index (χ1) is 5.81. The maximum atomic E-state index is 5.95. The van der Waals surface area contributed by atoms with Crippen molar-refractivity contribution in [2.45, 2.75) is 37.3 Å². The van der Waals surface area contributed by atoms with Crippen LogP contribution in [-0.2, 0) is 4.74 Å². The van der Waals surface area contributed by atoms with Gasteiger partial charge in [-0.2, -0.15) is 11.8 Å². The van der Waals surface area contributed by atoms with Crippen molar-refractivity contribution in [3.05, 3.63) is 0 Å². The maximum Gasteiger partial charge on any atom is 0.0713 e. The van der Waals surface area contributed by atoms with E-state index in [9.17, 15) is 0 Å². The van der Waals surface area contributed by atoms with Gasteiger partial charge >= 0.3 is 0 Å². The van der Waals surface area contributed by atoms with Crippen molar-refractivity contribution in [3.8, 4) is 0 Å². The molecule has 0 unspecified atom stereocenters. The molecule has 0 aromatic rings. The van der Waals surface area contributed by atoms with Crippen LogP contribution in [0.4, 0.5) is 0 Å². The fourth-order valence-corrected chi connectivity index (χ4v) is 3.39. The second-order valence-corrected chi connectivity index (χ2v) is 5.12. The highest BCUT2D eigenvalue weighted by atomic mass is 32.2. The molecule has 0 bridgehead atoms. The van der Waals surface area contributed by atoms with E-state index in [-0.39, 0.29) is 5.60 Å². The molecule has 2 fully saturated rings. The number of hydrogen-bond donors (Lipinski definition) is 1. The maximum absolute atomic E-state index is 5.95. The minimum atomic E-state index is 0.183. The van der Waals surface area contributed by atoms with Crippen LogP contribution in [0.2, 0.25) is 0 Å². The molecule has 2 aliphatic heterocycles. The second kappa shape index (κ2) is 3.56. The van der Waals surface area contributed by atoms with Crippen LogP contribution in [0.15, 0.2) is 0 Å². The zero-order valence-corrected chi connectivity index (χ0v) is 8.24. The SMILES string of the molecule is N[C@H]1CCOC2(CCSCC2)C1. The molecule has 3 heteroatoms. The van der Waals surface area contributed by atoms with Crippen LogP contribution in [0.5, 0.6) is 0 Å². The summed E-state index contributed by atoms with van der Waals surface area (Å²) in [6, 6.07) is 0.391. The van der Waals surface area contributed by atoms with Crippen molar-refractivity contribution in [3.63, 3.8) is 0 Å². The third kappa shape index (κ3) is 1.78. The predicted octanol–water partition coefficient (Wildman–Crippen LogP) is 1.39. The Balaban J connectivity index is 1.97. The molecule has 2 saturated heterocycles. The molecule has 1 atom stereocenters. The first kappa shape index (κ1) is 8.85. The van der Waals surface area contributed by atoms with E-state index in [0.717, 1.165) is 19.4 Å². The van der Waals surface area contributed by atoms with Crippen molar-refractivity contribution < 1.29 is 4.74 Å². The van der Waals surface area contributed by atoms with Gasteiger partial charge in [-0.1, -0.05) is 0 Å². The summed E-state index contributed by atoms with van der Waals surface area (Å²) >= 11 is 2.04. The van der Waals surface area contributed by atoms with Gasteiger partial charge < -0.3 is 10.5 Å². The molecule has 0 amide bonds. The summed E-state index contributed by atoms with van der Waals surface area (Å²) in [5.41, 5.74) is 6.14. The smallest absolute Gasteiger partial charge is 0.0713 e. The van der Waals surface area contributed by atoms with Gasteiger partial charge in [0.1, 0.15) is 0 Å². The van der Waals surface area contributed by atoms with Gasteiger partial charge in [-0.3, -0.25) is 0 Å². The first-order valence-electron chi connectivity index (χ1n) is 4.78. The van der Waals surface area contributed by atoms with Crippen molar-refractivity contribution in [2.75, 3.05) is 18.1 Å². The van der Waals surface area contributed by atoms with Crippen LogP contribution in [0.25, 0.3) is 0 Å². The average Bonchev–Trinajstić information content (AvgIpc) is 2.05. The standard InChI is InChI=1S/C9H17NOS/c10-8-1-4-11-9(7-8)2-5-12-6-3-9/h8H,1-7,10H2/t8-/m0/s1. The monoisotopic (exact) mass is 187 g/mol. The topological polar surface area (TPSA) is 35.2 Å². The number of thioether (sulfide) groups is 1. The third-order valence-electron chi connectivity index (χ3n) is 2.94. The van der Waals surface area contributed by atoms with Crippen molar-refractivity contribution >= 4 is 11.8 Å². The van der Waals surface area contributed by atoms with Gasteiger partial charge in [0.25, 0.3) is 0 Å². The summed E-state index contributed by atoms with van der Waals surface area (Å²) in [5, 5.41) is 0. The Morgan fingerprint density at radius 2 is 2.08 bits per heavy atom. The van der Waals surface area contributed by atoms with E-state index >= 15 is 0 Å². The summed E-state index contributed by atoms with van der Waals surface area (Å²) < 4.78 is 5.88. The zero-order chi connectivity index (χ0) is 8.44. The van der Waals surface area contributed by atoms with E-state index in [1.807, 2.05) is 11.8 Å². The molecule has 1 spiro atoms. The molecule has 12 heavy (non-hydrogen) atoms. The molecule has 0 saturated carbocycles. The lowest BCUT2D eigenvalue weighted by Gasteiger charge is -2.42. The Bertz CT molecular complexity index is 151. The average molecular weight is 187 g/mol. The molecular formula is C9H17NOS. The Morgan fingerprint density at radius 3 is 2.75 bits per heavy atom. The number of hydrogen-bond acceptors (Lipinski definition) is 3. The first-order valence-corrected chi connectivity index (χ1v) is 5.94. The molecular weight excluding hydrogens is 170 g/mol. The number of rotatable bonds is 0. The lowest BCUT2D eigenvalue weighted by atomic mass is 9.86. The van der Waals surface area contributed by atoms with E-state index in [1.54, 1.807) is 0 Å². The van der Waals surface area contributed by atoms with Gasteiger partial charge in [-0.25, -0.2) is 0 Å². The molecule has 2 aliphatic rings. The number of ether oxygens (including phenoxy) is 1. The molecule has 70 valence electrons. The van der Waals surface area contributed by atoms with Gasteiger partial charge in [0, 0.05) is 12.6 Å². The zero-order valence-electron chi connectivity index (χ0n) is 7.42. The second-order valence-electron chi connectivity index (χ2n) is 3.90. The molecule has 2 heterocycles. The van der Waals surface area contributed by atoms with Crippen LogP contribution >= 0.6 is 11.8 Å². The minimum Gasteiger partial charge on any atom is -0.375 e. The van der Waals surface area contributed by atoms with E-state index in [2.05, 4.69) is 0 Å². The largest absolute Gasteiger partial charge is 0.375 e. The minimum absolute atomic E-state index is 0.183. The van der Waals surface area contributed by atoms with Crippen LogP contribution in [0.1, 0.15) is 25.7 Å². The summed E-state index contributed by atoms with van der Waals surface area (Å²) in [7, 11) is 0. The van der Waals surface area contributed by atoms with Crippen LogP contribution in [-0.4, -0.2) is 29.8 Å². The van der Waals surface area contributed by atoms with Gasteiger partial charge in [0.15, 0.2) is 0 Å². The number of nitrogens with two attached hydrogens (primary N) is 1. The predicted molar refractivity (Wildman–Crippen MR) is 52.5 cm³/mol. The van der Waals surface area contributed by atoms with Crippen molar-refractivity contribution in [1.82, 2.24) is 0 Å². The van der Waals surface area contributed by atoms with Gasteiger partial charge in [0.05, 0.1) is 5.60 Å². The fourth-order valence-electron chi connectivity index (χ4n) is 2.16. The fraction of sp³-hybridized carbons (Fsp3) is 1.00. The Morgan fingerprint density at radius 1 is 1.33 bits per heavy atom. The Hall–Kier alpha value is 0.270. The van der Waals surface area contributed by atoms with Crippen molar-refractivity contribution in [1.29, 1.82) is 0 Å². The van der Waals surface area contributed by atoms with E-state index in [4.69, 9.17) is 10.5 Å². The van der Waals surface area contributed by atoms with Gasteiger partial charge in [0.2, 0.25) is 0 Å². The van der Waals surface area contributed by atoms with Gasteiger partial charge in [-0.15, -0.1) is 0 Å². The van der Waals surface area contributed by atoms with Crippen LogP contribution in [0.3, 0.4) is 0 Å². The van der Waals surface area contributed by atoms with E-state index in [1.165, 1.54) is 24.3 Å². The highest BCUT2D eigenvalue weighted by Crippen LogP contribution is 2.36. The molecule has 2 N–H and O–H groups in total. The van der Waals surface area contributed by atoms with Crippen LogP contribution < -0.4 is 5.73 Å². The summed E-state index contributed by atoms with van der Waals surface area (Å²) in [4.78, 5) is 0. The highest BCUT2D eigenvalue weighted by Gasteiger charge is 2.37. The molecule has 0 aliphatic carbocycles. The molecule has 2 nitrogen and oxygen atoms in total. The Labute approximate surface area is 78.2 Å². The summed E-state index contributed by atoms with van der Waals surface area (Å²) in [5.74, 6) is 2.51. The van der Waals surface area contributed by atoms with Crippen molar-refractivity contribution in [2.24, 2.45) is 5.73 Å². The molecule has 0 aromatic carbocycles. The quantitative estimate of drug-likeness (QED) is 0.622. The Kier molecular flexibility index (Phi) is 2.63. The van der Waals surface area contributed by atoms with Gasteiger partial charge in [-0.05, 0) is 37.2 Å². The molecule has 2 rings (SSSR count). The molecule has 0 radical (unpaired) electrons. The highest BCUT2D eigenvalue weighted by molar-refractivity contribution is 7.99. The summed E-state index contributed by atoms with van der Waals surface area (Å²) in [6.07, 6.45) is 4.57. The third-order valence-corrected chi connectivity index (χ3v) is 3.92. The summed E-state index contributed by atoms with van der Waals surface area (Å²) in [6.45, 7) is 0.881. The lowest BCUT2D eigenvalue weighted by Crippen LogP contribution is -2.47.